The van der Waals surface area contributed by atoms with Crippen molar-refractivity contribution in [2.75, 3.05) is 44.8 Å². The SMILES string of the molecule is CCCCCCNC(=O)N(CCc1cc(NC([P]2(O)OCCO2)[P]2(O)OCCO2)ccc1F)Cc1ccc(-c2ccccc2C(F)(F)F)cc1. The van der Waals surface area contributed by atoms with Crippen LogP contribution in [0.3, 0.4) is 0 Å². The Labute approximate surface area is 290 Å². The van der Waals surface area contributed by atoms with Crippen LogP contribution in [0.25, 0.3) is 11.1 Å². The van der Waals surface area contributed by atoms with E-state index in [1.54, 1.807) is 30.3 Å². The molecule has 10 nitrogen and oxygen atoms in total. The number of urea groups is 1. The second-order valence-corrected chi connectivity index (χ2v) is 16.7. The standard InChI is InChI=1S/C34H43F4N3O7P2/c1-2-3-4-7-17-39-32(42)41(24-25-10-12-26(13-11-25)29-8-5-6-9-30(29)34(36,37)38)18-16-27-23-28(14-15-31(27)35)40-33(49(43)45-19-20-46-49)50(44)47-21-22-48-50/h5-6,8-15,23,33,40,43-44H,2-4,7,16-22,24H2,1H3,(H,39,42). The number of rotatable bonds is 15. The fourth-order valence-corrected chi connectivity index (χ4v) is 10.7. The molecule has 50 heavy (non-hydrogen) atoms. The second kappa shape index (κ2) is 17.1. The molecule has 2 heterocycles. The van der Waals surface area contributed by atoms with E-state index in [2.05, 4.69) is 17.6 Å². The zero-order valence-electron chi connectivity index (χ0n) is 27.7. The van der Waals surface area contributed by atoms with Crippen molar-refractivity contribution in [1.29, 1.82) is 0 Å². The highest BCUT2D eigenvalue weighted by atomic mass is 31.3. The van der Waals surface area contributed by atoms with Crippen molar-refractivity contribution in [3.05, 3.63) is 89.2 Å². The molecule has 2 radical (unpaired) electrons. The third-order valence-corrected chi connectivity index (χ3v) is 13.8. The van der Waals surface area contributed by atoms with Gasteiger partial charge in [0.15, 0.2) is 0 Å². The third-order valence-electron chi connectivity index (χ3n) is 8.35. The summed E-state index contributed by atoms with van der Waals surface area (Å²) in [6.45, 7) is 3.28. The van der Waals surface area contributed by atoms with Crippen molar-refractivity contribution in [2.24, 2.45) is 0 Å². The molecular formula is C34H43F4N3O7P2. The van der Waals surface area contributed by atoms with Gasteiger partial charge in [0.2, 0.25) is 5.52 Å². The first kappa shape index (κ1) is 38.3. The van der Waals surface area contributed by atoms with Gasteiger partial charge in [-0.1, -0.05) is 68.7 Å². The Hall–Kier alpha value is -2.93. The van der Waals surface area contributed by atoms with Gasteiger partial charge in [-0.15, -0.1) is 0 Å². The van der Waals surface area contributed by atoms with Crippen molar-refractivity contribution in [1.82, 2.24) is 10.2 Å². The number of unbranched alkanes of at least 4 members (excludes halogenated alkanes) is 3. The molecule has 0 bridgehead atoms. The maximum absolute atomic E-state index is 15.2. The number of carbonyl (C=O) groups is 1. The van der Waals surface area contributed by atoms with Gasteiger partial charge in [-0.2, -0.15) is 13.2 Å². The predicted octanol–water partition coefficient (Wildman–Crippen LogP) is 8.15. The summed E-state index contributed by atoms with van der Waals surface area (Å²) in [5.41, 5.74) is -0.265. The summed E-state index contributed by atoms with van der Waals surface area (Å²) in [5.74, 6) is -0.525. The Kier molecular flexibility index (Phi) is 13.1. The van der Waals surface area contributed by atoms with Crippen LogP contribution in [0.2, 0.25) is 0 Å². The lowest BCUT2D eigenvalue weighted by molar-refractivity contribution is -0.137. The number of nitrogens with zero attached hydrogens (tertiary/aromatic N) is 1. The number of nitrogens with one attached hydrogen (secondary N) is 2. The van der Waals surface area contributed by atoms with Gasteiger partial charge < -0.3 is 43.4 Å². The monoisotopic (exact) mass is 743 g/mol. The average Bonchev–Trinajstić information content (AvgIpc) is 3.75. The first-order valence-electron chi connectivity index (χ1n) is 16.6. The largest absolute Gasteiger partial charge is 0.417 e. The lowest BCUT2D eigenvalue weighted by atomic mass is 9.98. The highest BCUT2D eigenvalue weighted by Gasteiger charge is 2.57. The summed E-state index contributed by atoms with van der Waals surface area (Å²) < 4.78 is 78.0. The Morgan fingerprint density at radius 2 is 1.54 bits per heavy atom. The number of anilines is 1. The van der Waals surface area contributed by atoms with Crippen LogP contribution in [0.5, 0.6) is 0 Å². The molecule has 0 unspecified atom stereocenters. The molecule has 0 aromatic heterocycles. The Morgan fingerprint density at radius 3 is 2.16 bits per heavy atom. The van der Waals surface area contributed by atoms with Gasteiger partial charge in [-0.05, 0) is 59.4 Å². The summed E-state index contributed by atoms with van der Waals surface area (Å²) in [7, 11) is -7.29. The number of hydrogen-bond acceptors (Lipinski definition) is 8. The van der Waals surface area contributed by atoms with Crippen LogP contribution in [0.4, 0.5) is 28.0 Å². The van der Waals surface area contributed by atoms with Gasteiger partial charge in [-0.25, -0.2) is 9.18 Å². The number of carbonyl (C=O) groups excluding carboxylic acids is 1. The minimum absolute atomic E-state index is 0.0556. The molecule has 2 aliphatic heterocycles. The average molecular weight is 744 g/mol. The minimum atomic E-state index is -4.51. The maximum atomic E-state index is 15.2. The van der Waals surface area contributed by atoms with Gasteiger partial charge in [0.1, 0.15) is 5.82 Å². The molecule has 5 rings (SSSR count). The number of hydrogen-bond donors (Lipinski definition) is 4. The normalized spacial score (nSPS) is 16.9. The van der Waals surface area contributed by atoms with Crippen LogP contribution in [0, 0.1) is 5.82 Å². The Morgan fingerprint density at radius 1 is 0.900 bits per heavy atom. The van der Waals surface area contributed by atoms with E-state index in [-0.39, 0.29) is 63.1 Å². The smallest absolute Gasteiger partial charge is 0.364 e. The Bertz CT molecular complexity index is 1550. The molecule has 274 valence electrons. The van der Waals surface area contributed by atoms with Crippen LogP contribution in [0.15, 0.2) is 66.7 Å². The van der Waals surface area contributed by atoms with Crippen molar-refractivity contribution in [2.45, 2.75) is 57.3 Å². The summed E-state index contributed by atoms with van der Waals surface area (Å²) >= 11 is 0. The summed E-state index contributed by atoms with van der Waals surface area (Å²) in [6, 6.07) is 15.7. The lowest BCUT2D eigenvalue weighted by Gasteiger charge is -2.39. The van der Waals surface area contributed by atoms with Crippen molar-refractivity contribution in [3.63, 3.8) is 0 Å². The van der Waals surface area contributed by atoms with E-state index < -0.39 is 39.0 Å². The van der Waals surface area contributed by atoms with Crippen LogP contribution in [0.1, 0.15) is 49.3 Å². The van der Waals surface area contributed by atoms with E-state index in [0.717, 1.165) is 31.7 Å². The highest BCUT2D eigenvalue weighted by Crippen LogP contribution is 2.80. The molecule has 2 aliphatic rings. The number of alkyl halides is 3. The minimum Gasteiger partial charge on any atom is -0.364 e. The van der Waals surface area contributed by atoms with E-state index in [1.807, 2.05) is 0 Å². The molecule has 3 aromatic carbocycles. The summed E-state index contributed by atoms with van der Waals surface area (Å²) in [5, 5.41) is 5.94. The van der Waals surface area contributed by atoms with E-state index in [0.29, 0.717) is 23.4 Å². The van der Waals surface area contributed by atoms with Gasteiger partial charge in [0, 0.05) is 25.3 Å². The zero-order chi connectivity index (χ0) is 35.8. The van der Waals surface area contributed by atoms with Crippen molar-refractivity contribution in [3.8, 4) is 11.1 Å². The molecular weight excluding hydrogens is 700 g/mol. The van der Waals surface area contributed by atoms with Gasteiger partial charge in [-0.3, -0.25) is 0 Å². The van der Waals surface area contributed by atoms with E-state index >= 15 is 4.39 Å². The van der Waals surface area contributed by atoms with Crippen LogP contribution in [-0.4, -0.2) is 65.8 Å². The molecule has 0 aliphatic carbocycles. The molecule has 0 spiro atoms. The zero-order valence-corrected chi connectivity index (χ0v) is 29.5. The molecule has 2 saturated heterocycles. The van der Waals surface area contributed by atoms with Crippen LogP contribution in [-0.2, 0) is 37.2 Å². The van der Waals surface area contributed by atoms with E-state index in [9.17, 15) is 27.8 Å². The first-order chi connectivity index (χ1) is 23.9. The first-order valence-corrected chi connectivity index (χ1v) is 19.9. The van der Waals surface area contributed by atoms with Gasteiger partial charge in [0.25, 0.3) is 15.9 Å². The fraction of sp³-hybridized carbons (Fsp3) is 0.441. The van der Waals surface area contributed by atoms with Gasteiger partial charge in [0.05, 0.1) is 32.0 Å². The number of benzene rings is 3. The quantitative estimate of drug-likeness (QED) is 0.0700. The second-order valence-electron chi connectivity index (χ2n) is 12.0. The van der Waals surface area contributed by atoms with E-state index in [4.69, 9.17) is 18.1 Å². The highest BCUT2D eigenvalue weighted by molar-refractivity contribution is 7.79. The lowest BCUT2D eigenvalue weighted by Crippen LogP contribution is -2.41. The summed E-state index contributed by atoms with van der Waals surface area (Å²) in [6.07, 6.45) is -0.553. The van der Waals surface area contributed by atoms with Crippen LogP contribution >= 0.6 is 15.9 Å². The third kappa shape index (κ3) is 9.68. The van der Waals surface area contributed by atoms with Gasteiger partial charge >= 0.3 is 12.2 Å². The van der Waals surface area contributed by atoms with Crippen LogP contribution < -0.4 is 10.6 Å². The maximum Gasteiger partial charge on any atom is 0.417 e. The van der Waals surface area contributed by atoms with Crippen molar-refractivity contribution >= 4 is 27.6 Å². The Balaban J connectivity index is 1.32. The predicted molar refractivity (Wildman–Crippen MR) is 184 cm³/mol. The summed E-state index contributed by atoms with van der Waals surface area (Å²) in [4.78, 5) is 37.2. The molecule has 2 fully saturated rings. The molecule has 2 amide bonds. The van der Waals surface area contributed by atoms with E-state index in [1.165, 1.54) is 35.2 Å². The molecule has 0 saturated carbocycles. The molecule has 16 heteroatoms. The number of halogens is 4. The molecule has 3 aromatic rings. The number of amides is 2. The molecule has 0 atom stereocenters. The topological polar surface area (TPSA) is 122 Å². The van der Waals surface area contributed by atoms with Crippen molar-refractivity contribution < 1.29 is 50.2 Å². The molecule has 4 N–H and O–H groups in total. The fourth-order valence-electron chi connectivity index (χ4n) is 5.74.